The van der Waals surface area contributed by atoms with E-state index in [1.54, 1.807) is 12.1 Å². The Morgan fingerprint density at radius 1 is 1.14 bits per heavy atom. The van der Waals surface area contributed by atoms with E-state index in [-0.39, 0.29) is 12.4 Å². The molecule has 8 heteroatoms. The highest BCUT2D eigenvalue weighted by Gasteiger charge is 2.43. The Balaban J connectivity index is 1.34. The number of rotatable bonds is 4. The molecule has 1 aromatic heterocycles. The Morgan fingerprint density at radius 3 is 2.68 bits per heavy atom. The summed E-state index contributed by atoms with van der Waals surface area (Å²) in [7, 11) is 0. The van der Waals surface area contributed by atoms with Crippen molar-refractivity contribution in [1.29, 1.82) is 0 Å². The lowest BCUT2D eigenvalue weighted by molar-refractivity contribution is -0.0859. The third-order valence-electron chi connectivity index (χ3n) is 6.01. The van der Waals surface area contributed by atoms with E-state index in [0.717, 1.165) is 31.4 Å². The lowest BCUT2D eigenvalue weighted by Crippen LogP contribution is -2.53. The maximum atomic E-state index is 13.1. The molecule has 1 atom stereocenters. The fraction of sp³-hybridized carbons (Fsp3) is 0.550. The molecule has 0 unspecified atom stereocenters. The van der Waals surface area contributed by atoms with Gasteiger partial charge in [0.25, 0.3) is 0 Å². The molecule has 3 heterocycles. The number of nitrogens with zero attached hydrogens (tertiary/aromatic N) is 4. The van der Waals surface area contributed by atoms with Gasteiger partial charge in [0.05, 0.1) is 6.54 Å². The zero-order chi connectivity index (χ0) is 19.3. The Hall–Kier alpha value is -2.32. The van der Waals surface area contributed by atoms with Crippen LogP contribution in [0.5, 0.6) is 0 Å². The van der Waals surface area contributed by atoms with Crippen LogP contribution in [0.4, 0.5) is 4.39 Å². The molecule has 28 heavy (non-hydrogen) atoms. The summed E-state index contributed by atoms with van der Waals surface area (Å²) < 4.78 is 22.1. The average molecular weight is 386 g/mol. The van der Waals surface area contributed by atoms with Crippen molar-refractivity contribution in [3.8, 4) is 0 Å². The number of fused-ring (bicyclic) bond motifs is 1. The maximum absolute atomic E-state index is 13.1. The van der Waals surface area contributed by atoms with Gasteiger partial charge in [-0.3, -0.25) is 19.1 Å². The number of aromatic nitrogens is 3. The van der Waals surface area contributed by atoms with Crippen molar-refractivity contribution in [3.05, 3.63) is 62.2 Å². The molecule has 2 aromatic rings. The summed E-state index contributed by atoms with van der Waals surface area (Å²) >= 11 is 0. The fourth-order valence-electron chi connectivity index (χ4n) is 4.23. The molecule has 0 amide bonds. The second kappa shape index (κ2) is 6.63. The second-order valence-corrected chi connectivity index (χ2v) is 8.30. The standard InChI is InChI=1S/C20H23FN4O3/c21-16-5-3-14(4-6-16)9-23-8-7-20(12-23)13-24-17(11-28-20)22-25(10-15-1-2-15)19(27)18(24)26/h3-6,15H,1-2,7-13H2/t20-/m1/s1. The van der Waals surface area contributed by atoms with Crippen molar-refractivity contribution in [2.75, 3.05) is 13.1 Å². The normalized spacial score (nSPS) is 24.6. The van der Waals surface area contributed by atoms with Gasteiger partial charge in [0.2, 0.25) is 0 Å². The molecule has 1 spiro atoms. The van der Waals surface area contributed by atoms with Crippen LogP contribution < -0.4 is 11.1 Å². The highest BCUT2D eigenvalue weighted by molar-refractivity contribution is 5.16. The van der Waals surface area contributed by atoms with Crippen LogP contribution >= 0.6 is 0 Å². The summed E-state index contributed by atoms with van der Waals surface area (Å²) in [5, 5.41) is 4.40. The first-order chi connectivity index (χ1) is 13.5. The van der Waals surface area contributed by atoms with E-state index in [9.17, 15) is 14.0 Å². The molecule has 5 rings (SSSR count). The Kier molecular flexibility index (Phi) is 4.21. The molecule has 1 aliphatic carbocycles. The third kappa shape index (κ3) is 3.31. The van der Waals surface area contributed by atoms with Crippen LogP contribution in [0.25, 0.3) is 0 Å². The largest absolute Gasteiger partial charge is 0.364 e. The highest BCUT2D eigenvalue weighted by Crippen LogP contribution is 2.32. The van der Waals surface area contributed by atoms with Gasteiger partial charge in [0, 0.05) is 26.2 Å². The number of halogens is 1. The average Bonchev–Trinajstić information content (AvgIpc) is 3.43. The molecule has 1 aromatic carbocycles. The first-order valence-corrected chi connectivity index (χ1v) is 9.83. The van der Waals surface area contributed by atoms with Crippen LogP contribution in [0, 0.1) is 11.7 Å². The van der Waals surface area contributed by atoms with Crippen molar-refractivity contribution < 1.29 is 9.13 Å². The first-order valence-electron chi connectivity index (χ1n) is 9.83. The molecule has 148 valence electrons. The molecule has 0 radical (unpaired) electrons. The molecule has 2 fully saturated rings. The number of ether oxygens (including phenoxy) is 1. The highest BCUT2D eigenvalue weighted by atomic mass is 19.1. The van der Waals surface area contributed by atoms with E-state index in [4.69, 9.17) is 4.74 Å². The van der Waals surface area contributed by atoms with Crippen LogP contribution in [-0.2, 0) is 31.0 Å². The molecular formula is C20H23FN4O3. The molecule has 1 saturated carbocycles. The molecule has 3 aliphatic rings. The predicted octanol–water partition coefficient (Wildman–Crippen LogP) is 1.13. The SMILES string of the molecule is O=c1c(=O)n2c(nn1CC1CC1)CO[C@@]1(CCN(Cc3ccc(F)cc3)C1)C2. The quantitative estimate of drug-likeness (QED) is 0.737. The Bertz CT molecular complexity index is 1010. The van der Waals surface area contributed by atoms with Gasteiger partial charge in [0.1, 0.15) is 18.0 Å². The summed E-state index contributed by atoms with van der Waals surface area (Å²) in [5.74, 6) is 0.763. The van der Waals surface area contributed by atoms with E-state index in [0.29, 0.717) is 37.9 Å². The van der Waals surface area contributed by atoms with Crippen molar-refractivity contribution in [2.24, 2.45) is 5.92 Å². The minimum absolute atomic E-state index is 0.241. The maximum Gasteiger partial charge on any atom is 0.332 e. The number of hydrogen-bond acceptors (Lipinski definition) is 5. The minimum Gasteiger partial charge on any atom is -0.364 e. The lowest BCUT2D eigenvalue weighted by Gasteiger charge is -2.35. The van der Waals surface area contributed by atoms with Crippen molar-refractivity contribution >= 4 is 0 Å². The van der Waals surface area contributed by atoms with Gasteiger partial charge < -0.3 is 4.74 Å². The Labute approximate surface area is 161 Å². The summed E-state index contributed by atoms with van der Waals surface area (Å²) in [6.45, 7) is 3.32. The van der Waals surface area contributed by atoms with E-state index in [1.807, 2.05) is 0 Å². The van der Waals surface area contributed by atoms with Crippen LogP contribution in [0.15, 0.2) is 33.9 Å². The van der Waals surface area contributed by atoms with Gasteiger partial charge in [-0.05, 0) is 42.9 Å². The van der Waals surface area contributed by atoms with Gasteiger partial charge in [-0.15, -0.1) is 0 Å². The van der Waals surface area contributed by atoms with Crippen LogP contribution in [0.3, 0.4) is 0 Å². The van der Waals surface area contributed by atoms with Crippen molar-refractivity contribution in [1.82, 2.24) is 19.2 Å². The first kappa shape index (κ1) is 17.8. The summed E-state index contributed by atoms with van der Waals surface area (Å²) in [5.41, 5.74) is -0.469. The summed E-state index contributed by atoms with van der Waals surface area (Å²) in [4.78, 5) is 27.3. The minimum atomic E-state index is -0.533. The van der Waals surface area contributed by atoms with Crippen molar-refractivity contribution in [2.45, 2.75) is 51.1 Å². The molecule has 2 aliphatic heterocycles. The van der Waals surface area contributed by atoms with E-state index in [1.165, 1.54) is 21.4 Å². The molecule has 0 N–H and O–H groups in total. The molecule has 0 bridgehead atoms. The van der Waals surface area contributed by atoms with Gasteiger partial charge in [-0.25, -0.2) is 9.07 Å². The van der Waals surface area contributed by atoms with E-state index < -0.39 is 16.7 Å². The lowest BCUT2D eigenvalue weighted by atomic mass is 10.0. The van der Waals surface area contributed by atoms with Crippen LogP contribution in [0.2, 0.25) is 0 Å². The monoisotopic (exact) mass is 386 g/mol. The predicted molar refractivity (Wildman–Crippen MR) is 99.3 cm³/mol. The number of likely N-dealkylation sites (tertiary alicyclic amines) is 1. The topological polar surface area (TPSA) is 69.4 Å². The van der Waals surface area contributed by atoms with Gasteiger partial charge in [0.15, 0.2) is 5.82 Å². The number of hydrogen-bond donors (Lipinski definition) is 0. The molecule has 1 saturated heterocycles. The molecular weight excluding hydrogens is 363 g/mol. The zero-order valence-electron chi connectivity index (χ0n) is 15.6. The Morgan fingerprint density at radius 2 is 1.93 bits per heavy atom. The van der Waals surface area contributed by atoms with Crippen LogP contribution in [0.1, 0.15) is 30.7 Å². The third-order valence-corrected chi connectivity index (χ3v) is 6.01. The van der Waals surface area contributed by atoms with Crippen molar-refractivity contribution in [3.63, 3.8) is 0 Å². The van der Waals surface area contributed by atoms with Gasteiger partial charge in [-0.1, -0.05) is 12.1 Å². The van der Waals surface area contributed by atoms with Gasteiger partial charge >= 0.3 is 11.1 Å². The summed E-state index contributed by atoms with van der Waals surface area (Å²) in [6, 6.07) is 6.50. The fourth-order valence-corrected chi connectivity index (χ4v) is 4.23. The second-order valence-electron chi connectivity index (χ2n) is 8.30. The molecule has 7 nitrogen and oxygen atoms in total. The summed E-state index contributed by atoms with van der Waals surface area (Å²) in [6.07, 6.45) is 2.97. The number of benzene rings is 1. The van der Waals surface area contributed by atoms with E-state index >= 15 is 0 Å². The van der Waals surface area contributed by atoms with Gasteiger partial charge in [-0.2, -0.15) is 5.10 Å². The van der Waals surface area contributed by atoms with E-state index in [2.05, 4.69) is 10.00 Å². The zero-order valence-corrected chi connectivity index (χ0v) is 15.6. The van der Waals surface area contributed by atoms with Crippen LogP contribution in [-0.4, -0.2) is 37.9 Å². The smallest absolute Gasteiger partial charge is 0.332 e.